The Labute approximate surface area is 157 Å². The summed E-state index contributed by atoms with van der Waals surface area (Å²) in [6.07, 6.45) is 0. The quantitative estimate of drug-likeness (QED) is 0.697. The molecule has 0 aliphatic carbocycles. The van der Waals surface area contributed by atoms with E-state index in [0.717, 1.165) is 61.5 Å². The van der Waals surface area contributed by atoms with Gasteiger partial charge in [0.25, 0.3) is 0 Å². The summed E-state index contributed by atoms with van der Waals surface area (Å²) in [7, 11) is 0. The third kappa shape index (κ3) is 4.99. The normalized spacial score (nSPS) is 11.5. The molecule has 2 rings (SSSR count). The van der Waals surface area contributed by atoms with Gasteiger partial charge in [0.2, 0.25) is 0 Å². The van der Waals surface area contributed by atoms with Gasteiger partial charge >= 0.3 is 0 Å². The number of phenolic OH excluding ortho intramolecular Hbond substituents is 2. The summed E-state index contributed by atoms with van der Waals surface area (Å²) in [6.45, 7) is 13.8. The van der Waals surface area contributed by atoms with E-state index in [9.17, 15) is 10.2 Å². The smallest absolute Gasteiger partial charge is 0.120 e. The first-order chi connectivity index (χ1) is 12.5. The second kappa shape index (κ2) is 9.60. The van der Waals surface area contributed by atoms with E-state index in [0.29, 0.717) is 11.5 Å². The third-order valence-electron chi connectivity index (χ3n) is 5.08. The minimum Gasteiger partial charge on any atom is -0.508 e. The third-order valence-corrected chi connectivity index (χ3v) is 5.08. The average molecular weight is 357 g/mol. The van der Waals surface area contributed by atoms with Crippen LogP contribution in [0.4, 0.5) is 0 Å². The molecule has 0 bridgehead atoms. The van der Waals surface area contributed by atoms with Crippen LogP contribution in [0, 0.1) is 0 Å². The molecular formula is C22H32N2O2. The molecule has 142 valence electrons. The molecule has 0 unspecified atom stereocenters. The van der Waals surface area contributed by atoms with Crippen molar-refractivity contribution >= 4 is 0 Å². The van der Waals surface area contributed by atoms with Crippen LogP contribution < -0.4 is 0 Å². The fourth-order valence-corrected chi connectivity index (χ4v) is 3.13. The van der Waals surface area contributed by atoms with E-state index in [1.165, 1.54) is 0 Å². The number of phenols is 2. The van der Waals surface area contributed by atoms with Gasteiger partial charge in [-0.2, -0.15) is 0 Å². The van der Waals surface area contributed by atoms with Gasteiger partial charge in [-0.05, 0) is 49.4 Å². The van der Waals surface area contributed by atoms with Crippen LogP contribution in [0.2, 0.25) is 0 Å². The first-order valence-corrected chi connectivity index (χ1v) is 9.61. The Balaban J connectivity index is 2.20. The minimum atomic E-state index is 0.307. The minimum absolute atomic E-state index is 0.307. The molecule has 0 saturated heterocycles. The molecule has 0 fully saturated rings. The standard InChI is InChI=1S/C22H32N2O2/c1-5-23(6-2)15-19-11-9-17(13-21(19)25)18-10-12-20(22(26)14-18)16-24(7-3)8-4/h9-14,25-26H,5-8,15-16H2,1-4H3. The number of aromatic hydroxyl groups is 2. The Kier molecular flexibility index (Phi) is 7.49. The van der Waals surface area contributed by atoms with Gasteiger partial charge in [-0.15, -0.1) is 0 Å². The Hall–Kier alpha value is -2.04. The maximum Gasteiger partial charge on any atom is 0.120 e. The lowest BCUT2D eigenvalue weighted by atomic mass is 10.0. The van der Waals surface area contributed by atoms with Crippen molar-refractivity contribution in [1.82, 2.24) is 9.80 Å². The van der Waals surface area contributed by atoms with Crippen molar-refractivity contribution in [3.63, 3.8) is 0 Å². The van der Waals surface area contributed by atoms with Crippen molar-refractivity contribution in [1.29, 1.82) is 0 Å². The van der Waals surface area contributed by atoms with Gasteiger partial charge in [-0.25, -0.2) is 0 Å². The van der Waals surface area contributed by atoms with Gasteiger partial charge in [-0.3, -0.25) is 9.80 Å². The van der Waals surface area contributed by atoms with E-state index >= 15 is 0 Å². The van der Waals surface area contributed by atoms with Gasteiger partial charge in [-0.1, -0.05) is 52.0 Å². The first-order valence-electron chi connectivity index (χ1n) is 9.61. The zero-order chi connectivity index (χ0) is 19.1. The summed E-state index contributed by atoms with van der Waals surface area (Å²) in [5, 5.41) is 20.8. The second-order valence-corrected chi connectivity index (χ2v) is 6.61. The SMILES string of the molecule is CCN(CC)Cc1ccc(-c2ccc(CN(CC)CC)c(O)c2)cc1O. The average Bonchev–Trinajstić information content (AvgIpc) is 2.66. The summed E-state index contributed by atoms with van der Waals surface area (Å²) in [5.74, 6) is 0.613. The Morgan fingerprint density at radius 2 is 0.962 bits per heavy atom. The molecule has 0 aromatic heterocycles. The molecule has 0 saturated carbocycles. The van der Waals surface area contributed by atoms with Gasteiger partial charge in [0, 0.05) is 24.2 Å². The van der Waals surface area contributed by atoms with Crippen LogP contribution in [-0.2, 0) is 13.1 Å². The molecule has 2 N–H and O–H groups in total. The first kappa shape index (κ1) is 20.3. The van der Waals surface area contributed by atoms with E-state index in [1.54, 1.807) is 12.1 Å². The summed E-state index contributed by atoms with van der Waals surface area (Å²) < 4.78 is 0. The molecular weight excluding hydrogens is 324 g/mol. The highest BCUT2D eigenvalue weighted by Gasteiger charge is 2.11. The van der Waals surface area contributed by atoms with E-state index < -0.39 is 0 Å². The van der Waals surface area contributed by atoms with Crippen LogP contribution in [0.5, 0.6) is 11.5 Å². The van der Waals surface area contributed by atoms with Crippen LogP contribution in [-0.4, -0.2) is 46.2 Å². The van der Waals surface area contributed by atoms with E-state index in [4.69, 9.17) is 0 Å². The van der Waals surface area contributed by atoms with Crippen molar-refractivity contribution in [3.8, 4) is 22.6 Å². The predicted molar refractivity (Wildman–Crippen MR) is 108 cm³/mol. The molecule has 0 atom stereocenters. The summed E-state index contributed by atoms with van der Waals surface area (Å²) in [4.78, 5) is 4.53. The Bertz CT molecular complexity index is 646. The Morgan fingerprint density at radius 3 is 1.23 bits per heavy atom. The van der Waals surface area contributed by atoms with E-state index in [2.05, 4.69) is 37.5 Å². The second-order valence-electron chi connectivity index (χ2n) is 6.61. The largest absolute Gasteiger partial charge is 0.508 e. The fourth-order valence-electron chi connectivity index (χ4n) is 3.13. The molecule has 4 nitrogen and oxygen atoms in total. The van der Waals surface area contributed by atoms with Crippen LogP contribution in [0.15, 0.2) is 36.4 Å². The highest BCUT2D eigenvalue weighted by molar-refractivity contribution is 5.68. The molecule has 2 aromatic rings. The lowest BCUT2D eigenvalue weighted by molar-refractivity contribution is 0.291. The van der Waals surface area contributed by atoms with Crippen molar-refractivity contribution in [3.05, 3.63) is 47.5 Å². The molecule has 2 aromatic carbocycles. The van der Waals surface area contributed by atoms with Crippen molar-refractivity contribution in [2.75, 3.05) is 26.2 Å². The maximum atomic E-state index is 10.4. The van der Waals surface area contributed by atoms with Gasteiger partial charge in [0.05, 0.1) is 0 Å². The van der Waals surface area contributed by atoms with Crippen LogP contribution >= 0.6 is 0 Å². The summed E-state index contributed by atoms with van der Waals surface area (Å²) >= 11 is 0. The molecule has 0 aliphatic heterocycles. The molecule has 0 aliphatic rings. The molecule has 26 heavy (non-hydrogen) atoms. The van der Waals surface area contributed by atoms with Gasteiger partial charge < -0.3 is 10.2 Å². The van der Waals surface area contributed by atoms with E-state index in [1.807, 2.05) is 24.3 Å². The fraction of sp³-hybridized carbons (Fsp3) is 0.455. The number of hydrogen-bond acceptors (Lipinski definition) is 4. The van der Waals surface area contributed by atoms with Crippen LogP contribution in [0.25, 0.3) is 11.1 Å². The summed E-state index contributed by atoms with van der Waals surface area (Å²) in [5.41, 5.74) is 3.69. The molecule has 4 heteroatoms. The van der Waals surface area contributed by atoms with Crippen molar-refractivity contribution < 1.29 is 10.2 Å². The number of nitrogens with zero attached hydrogens (tertiary/aromatic N) is 2. The predicted octanol–water partition coefficient (Wildman–Crippen LogP) is 4.45. The highest BCUT2D eigenvalue weighted by Crippen LogP contribution is 2.31. The highest BCUT2D eigenvalue weighted by atomic mass is 16.3. The van der Waals surface area contributed by atoms with Crippen molar-refractivity contribution in [2.45, 2.75) is 40.8 Å². The molecule has 0 spiro atoms. The lowest BCUT2D eigenvalue weighted by Gasteiger charge is -2.20. The van der Waals surface area contributed by atoms with Gasteiger partial charge in [0.1, 0.15) is 11.5 Å². The Morgan fingerprint density at radius 1 is 0.615 bits per heavy atom. The number of rotatable bonds is 9. The van der Waals surface area contributed by atoms with Crippen molar-refractivity contribution in [2.24, 2.45) is 0 Å². The molecule has 0 amide bonds. The van der Waals surface area contributed by atoms with E-state index in [-0.39, 0.29) is 0 Å². The van der Waals surface area contributed by atoms with Crippen LogP contribution in [0.3, 0.4) is 0 Å². The monoisotopic (exact) mass is 356 g/mol. The number of hydrogen-bond donors (Lipinski definition) is 2. The summed E-state index contributed by atoms with van der Waals surface area (Å²) in [6, 6.07) is 11.6. The number of benzene rings is 2. The molecule has 0 heterocycles. The van der Waals surface area contributed by atoms with Crippen LogP contribution in [0.1, 0.15) is 38.8 Å². The zero-order valence-corrected chi connectivity index (χ0v) is 16.5. The van der Waals surface area contributed by atoms with Gasteiger partial charge in [0.15, 0.2) is 0 Å². The lowest BCUT2D eigenvalue weighted by Crippen LogP contribution is -2.22. The zero-order valence-electron chi connectivity index (χ0n) is 16.5. The maximum absolute atomic E-state index is 10.4. The molecule has 0 radical (unpaired) electrons. The topological polar surface area (TPSA) is 46.9 Å².